The van der Waals surface area contributed by atoms with Crippen molar-refractivity contribution >= 4 is 0 Å². The lowest BCUT2D eigenvalue weighted by Crippen LogP contribution is -2.42. The van der Waals surface area contributed by atoms with Crippen molar-refractivity contribution in [3.63, 3.8) is 0 Å². The Labute approximate surface area is 141 Å². The van der Waals surface area contributed by atoms with Crippen LogP contribution in [0.15, 0.2) is 23.0 Å². The van der Waals surface area contributed by atoms with Crippen molar-refractivity contribution in [3.05, 3.63) is 45.6 Å². The molecule has 130 valence electrons. The van der Waals surface area contributed by atoms with Crippen molar-refractivity contribution < 1.29 is 9.84 Å². The molecule has 0 radical (unpaired) electrons. The lowest BCUT2D eigenvalue weighted by atomic mass is 10.1. The van der Waals surface area contributed by atoms with Crippen molar-refractivity contribution in [1.82, 2.24) is 19.2 Å². The van der Waals surface area contributed by atoms with E-state index in [1.807, 2.05) is 26.0 Å². The third-order valence-corrected chi connectivity index (χ3v) is 4.20. The predicted octanol–water partition coefficient (Wildman–Crippen LogP) is 0.454. The molecule has 2 heterocycles. The van der Waals surface area contributed by atoms with E-state index in [-0.39, 0.29) is 12.3 Å². The Hall–Kier alpha value is -2.12. The standard InChI is InChI=1S/C17H24N4O3/c1-12-6-13(2)8-15(7-12)24-11-14(22)9-20-4-5-21-16(10-20)18-19(3)17(21)23/h6-8,14,22H,4-5,9-11H2,1-3H3. The molecule has 0 spiro atoms. The Bertz CT molecular complexity index is 760. The van der Waals surface area contributed by atoms with Crippen LogP contribution in [0.25, 0.3) is 0 Å². The van der Waals surface area contributed by atoms with E-state index < -0.39 is 6.10 Å². The number of β-amino-alcohol motifs (C(OH)–C–C–N with tert-alkyl or cyclic N) is 1. The van der Waals surface area contributed by atoms with Gasteiger partial charge in [0, 0.05) is 26.7 Å². The minimum absolute atomic E-state index is 0.0802. The summed E-state index contributed by atoms with van der Waals surface area (Å²) in [5.74, 6) is 1.53. The predicted molar refractivity (Wildman–Crippen MR) is 90.2 cm³/mol. The molecule has 24 heavy (non-hydrogen) atoms. The zero-order chi connectivity index (χ0) is 17.3. The van der Waals surface area contributed by atoms with E-state index in [0.29, 0.717) is 19.6 Å². The largest absolute Gasteiger partial charge is 0.491 e. The second-order valence-electron chi connectivity index (χ2n) is 6.50. The SMILES string of the molecule is Cc1cc(C)cc(OCC(O)CN2CCn3c(nn(C)c3=O)C2)c1. The number of rotatable bonds is 5. The zero-order valence-electron chi connectivity index (χ0n) is 14.4. The maximum absolute atomic E-state index is 11.8. The van der Waals surface area contributed by atoms with Gasteiger partial charge in [0.15, 0.2) is 0 Å². The summed E-state index contributed by atoms with van der Waals surface area (Å²) in [5, 5.41) is 14.5. The van der Waals surface area contributed by atoms with Gasteiger partial charge in [-0.05, 0) is 37.1 Å². The fourth-order valence-corrected chi connectivity index (χ4v) is 3.13. The fourth-order valence-electron chi connectivity index (χ4n) is 3.13. The normalized spacial score (nSPS) is 16.0. The summed E-state index contributed by atoms with van der Waals surface area (Å²) in [6, 6.07) is 6.02. The summed E-state index contributed by atoms with van der Waals surface area (Å²) in [4.78, 5) is 13.9. The molecule has 7 heteroatoms. The van der Waals surface area contributed by atoms with Gasteiger partial charge in [-0.3, -0.25) is 9.47 Å². The van der Waals surface area contributed by atoms with Crippen LogP contribution in [0.4, 0.5) is 0 Å². The molecule has 1 aromatic carbocycles. The Morgan fingerprint density at radius 3 is 2.67 bits per heavy atom. The number of benzene rings is 1. The van der Waals surface area contributed by atoms with Gasteiger partial charge < -0.3 is 9.84 Å². The molecule has 1 atom stereocenters. The Morgan fingerprint density at radius 1 is 1.25 bits per heavy atom. The molecule has 0 amide bonds. The number of aliphatic hydroxyl groups is 1. The molecule has 1 unspecified atom stereocenters. The smallest absolute Gasteiger partial charge is 0.345 e. The second-order valence-corrected chi connectivity index (χ2v) is 6.50. The molecule has 3 rings (SSSR count). The molecule has 1 N–H and O–H groups in total. The molecule has 1 aromatic heterocycles. The molecule has 1 aliphatic heterocycles. The third-order valence-electron chi connectivity index (χ3n) is 4.20. The van der Waals surface area contributed by atoms with E-state index in [4.69, 9.17) is 4.74 Å². The molecular weight excluding hydrogens is 308 g/mol. The van der Waals surface area contributed by atoms with Crippen molar-refractivity contribution in [1.29, 1.82) is 0 Å². The van der Waals surface area contributed by atoms with Gasteiger partial charge in [-0.2, -0.15) is 5.10 Å². The first-order chi connectivity index (χ1) is 11.4. The van der Waals surface area contributed by atoms with Crippen LogP contribution < -0.4 is 10.4 Å². The number of nitrogens with zero attached hydrogens (tertiary/aromatic N) is 4. The van der Waals surface area contributed by atoms with Gasteiger partial charge in [0.1, 0.15) is 24.3 Å². The molecule has 1 aliphatic rings. The van der Waals surface area contributed by atoms with Crippen LogP contribution in [0.1, 0.15) is 17.0 Å². The summed E-state index contributed by atoms with van der Waals surface area (Å²) >= 11 is 0. The van der Waals surface area contributed by atoms with Crippen LogP contribution in [0.2, 0.25) is 0 Å². The highest BCUT2D eigenvalue weighted by molar-refractivity contribution is 5.32. The number of fused-ring (bicyclic) bond motifs is 1. The van der Waals surface area contributed by atoms with Crippen molar-refractivity contribution in [2.24, 2.45) is 7.05 Å². The Morgan fingerprint density at radius 2 is 1.96 bits per heavy atom. The van der Waals surface area contributed by atoms with Crippen LogP contribution in [-0.2, 0) is 20.1 Å². The highest BCUT2D eigenvalue weighted by Gasteiger charge is 2.22. The van der Waals surface area contributed by atoms with Crippen LogP contribution in [0.3, 0.4) is 0 Å². The molecule has 7 nitrogen and oxygen atoms in total. The maximum atomic E-state index is 11.8. The molecule has 2 aromatic rings. The van der Waals surface area contributed by atoms with Gasteiger partial charge >= 0.3 is 5.69 Å². The highest BCUT2D eigenvalue weighted by Crippen LogP contribution is 2.16. The number of ether oxygens (including phenoxy) is 1. The summed E-state index contributed by atoms with van der Waals surface area (Å²) in [6.45, 7) is 6.68. The first-order valence-electron chi connectivity index (χ1n) is 8.16. The molecule has 0 aliphatic carbocycles. The van der Waals surface area contributed by atoms with E-state index in [1.54, 1.807) is 11.6 Å². The Balaban J connectivity index is 1.54. The van der Waals surface area contributed by atoms with Gasteiger partial charge in [0.05, 0.1) is 6.54 Å². The van der Waals surface area contributed by atoms with Gasteiger partial charge in [-0.1, -0.05) is 6.07 Å². The van der Waals surface area contributed by atoms with Crippen LogP contribution in [0.5, 0.6) is 5.75 Å². The van der Waals surface area contributed by atoms with Crippen LogP contribution in [-0.4, -0.2) is 50.2 Å². The van der Waals surface area contributed by atoms with Crippen molar-refractivity contribution in [2.45, 2.75) is 33.0 Å². The minimum Gasteiger partial charge on any atom is -0.491 e. The molecular formula is C17H24N4O3. The van der Waals surface area contributed by atoms with E-state index in [1.165, 1.54) is 4.68 Å². The Kier molecular flexibility index (Phi) is 4.73. The zero-order valence-corrected chi connectivity index (χ0v) is 14.4. The van der Waals surface area contributed by atoms with Gasteiger partial charge in [0.25, 0.3) is 0 Å². The first-order valence-corrected chi connectivity index (χ1v) is 8.16. The summed E-state index contributed by atoms with van der Waals surface area (Å²) < 4.78 is 8.76. The van der Waals surface area contributed by atoms with E-state index in [2.05, 4.69) is 16.1 Å². The summed E-state index contributed by atoms with van der Waals surface area (Å²) in [5.41, 5.74) is 2.20. The van der Waals surface area contributed by atoms with Crippen molar-refractivity contribution in [3.8, 4) is 5.75 Å². The highest BCUT2D eigenvalue weighted by atomic mass is 16.5. The summed E-state index contributed by atoms with van der Waals surface area (Å²) in [6.07, 6.45) is -0.590. The van der Waals surface area contributed by atoms with E-state index >= 15 is 0 Å². The van der Waals surface area contributed by atoms with Crippen molar-refractivity contribution in [2.75, 3.05) is 19.7 Å². The molecule has 0 saturated carbocycles. The minimum atomic E-state index is -0.590. The number of aliphatic hydroxyl groups excluding tert-OH is 1. The second kappa shape index (κ2) is 6.78. The van der Waals surface area contributed by atoms with Crippen LogP contribution in [0, 0.1) is 13.8 Å². The third kappa shape index (κ3) is 3.68. The molecule has 0 bridgehead atoms. The number of hydrogen-bond donors (Lipinski definition) is 1. The lowest BCUT2D eigenvalue weighted by Gasteiger charge is -2.28. The topological polar surface area (TPSA) is 72.5 Å². The average Bonchev–Trinajstić information content (AvgIpc) is 2.79. The summed E-state index contributed by atoms with van der Waals surface area (Å²) in [7, 11) is 1.66. The van der Waals surface area contributed by atoms with Gasteiger partial charge in [0.2, 0.25) is 0 Å². The molecule has 0 fully saturated rings. The number of hydrogen-bond acceptors (Lipinski definition) is 5. The van der Waals surface area contributed by atoms with E-state index in [0.717, 1.165) is 29.2 Å². The monoisotopic (exact) mass is 332 g/mol. The fraction of sp³-hybridized carbons (Fsp3) is 0.529. The number of aryl methyl sites for hydroxylation is 3. The quantitative estimate of drug-likeness (QED) is 0.861. The maximum Gasteiger partial charge on any atom is 0.345 e. The first kappa shape index (κ1) is 16.7. The van der Waals surface area contributed by atoms with Crippen LogP contribution >= 0.6 is 0 Å². The van der Waals surface area contributed by atoms with E-state index in [9.17, 15) is 9.90 Å². The van der Waals surface area contributed by atoms with Gasteiger partial charge in [-0.15, -0.1) is 0 Å². The molecule has 0 saturated heterocycles. The lowest BCUT2D eigenvalue weighted by molar-refractivity contribution is 0.0581. The average molecular weight is 332 g/mol. The van der Waals surface area contributed by atoms with Gasteiger partial charge in [-0.25, -0.2) is 9.48 Å². The number of aromatic nitrogens is 3.